The zero-order chi connectivity index (χ0) is 23.3. The number of carbonyl (C=O) groups is 2. The van der Waals surface area contributed by atoms with Gasteiger partial charge in [-0.15, -0.1) is 12.6 Å². The third kappa shape index (κ3) is 3.26. The van der Waals surface area contributed by atoms with Crippen LogP contribution in [-0.4, -0.2) is 34.9 Å². The molecule has 11 heteroatoms. The van der Waals surface area contributed by atoms with Gasteiger partial charge in [0.1, 0.15) is 11.6 Å². The van der Waals surface area contributed by atoms with Gasteiger partial charge in [-0.05, 0) is 49.6 Å². The normalized spacial score (nSPS) is 19.6. The van der Waals surface area contributed by atoms with E-state index in [1.807, 2.05) is 0 Å². The molecule has 1 unspecified atom stereocenters. The molecule has 2 heterocycles. The van der Waals surface area contributed by atoms with Crippen molar-refractivity contribution in [3.63, 3.8) is 0 Å². The summed E-state index contributed by atoms with van der Waals surface area (Å²) in [7, 11) is 1.52. The minimum Gasteiger partial charge on any atom is -0.355 e. The van der Waals surface area contributed by atoms with Crippen LogP contribution in [0.5, 0.6) is 0 Å². The first-order valence-corrected chi connectivity index (χ1v) is 10.3. The van der Waals surface area contributed by atoms with Gasteiger partial charge in [-0.2, -0.15) is 18.4 Å². The van der Waals surface area contributed by atoms with Gasteiger partial charge >= 0.3 is 6.18 Å². The minimum atomic E-state index is -4.80. The molecular weight excluding hydrogens is 443 g/mol. The molecule has 1 atom stereocenters. The Balaban J connectivity index is 1.76. The van der Waals surface area contributed by atoms with Crippen molar-refractivity contribution in [1.82, 2.24) is 10.3 Å². The number of rotatable bonds is 3. The van der Waals surface area contributed by atoms with E-state index in [0.29, 0.717) is 24.1 Å². The van der Waals surface area contributed by atoms with E-state index in [4.69, 9.17) is 5.26 Å². The molecule has 0 bridgehead atoms. The predicted octanol–water partition coefficient (Wildman–Crippen LogP) is 3.32. The van der Waals surface area contributed by atoms with Crippen molar-refractivity contribution >= 4 is 35.8 Å². The number of alkyl halides is 3. The molecule has 1 aromatic carbocycles. The Hall–Kier alpha value is -3.26. The predicted molar refractivity (Wildman–Crippen MR) is 113 cm³/mol. The van der Waals surface area contributed by atoms with Crippen molar-refractivity contribution < 1.29 is 22.8 Å². The van der Waals surface area contributed by atoms with E-state index in [2.05, 4.69) is 22.9 Å². The number of nitrogens with one attached hydrogen (secondary N) is 1. The van der Waals surface area contributed by atoms with Crippen LogP contribution < -0.4 is 15.1 Å². The third-order valence-corrected chi connectivity index (χ3v) is 6.38. The first-order valence-electron chi connectivity index (χ1n) is 9.74. The topological polar surface area (TPSA) is 89.3 Å². The standard InChI is InChI=1S/C21H18F3N5O2S/c1-26-17(30)12-3-5-13(6-4-12)29-19(32)28(18(31)20(29)7-2-8-20)14-9-15(21(22,23)24)16(10-25)27-11-14/h3-6,9,11,19,32H,2,7-8H2,1H3,(H,26,30). The van der Waals surface area contributed by atoms with Gasteiger partial charge in [0, 0.05) is 18.3 Å². The van der Waals surface area contributed by atoms with Crippen molar-refractivity contribution in [2.24, 2.45) is 0 Å². The van der Waals surface area contributed by atoms with Crippen LogP contribution in [0.15, 0.2) is 36.5 Å². The molecule has 1 aliphatic carbocycles. The summed E-state index contributed by atoms with van der Waals surface area (Å²) in [6.07, 6.45) is -1.89. The summed E-state index contributed by atoms with van der Waals surface area (Å²) in [5.74, 6) is -0.640. The molecule has 2 aliphatic rings. The maximum Gasteiger partial charge on any atom is 0.419 e. The van der Waals surface area contributed by atoms with E-state index >= 15 is 0 Å². The number of hydrogen-bond donors (Lipinski definition) is 2. The van der Waals surface area contributed by atoms with Crippen LogP contribution in [-0.2, 0) is 11.0 Å². The number of pyridine rings is 1. The summed E-state index contributed by atoms with van der Waals surface area (Å²) in [4.78, 5) is 31.9. The van der Waals surface area contributed by atoms with Crippen LogP contribution in [0.1, 0.15) is 40.9 Å². The Morgan fingerprint density at radius 2 is 1.94 bits per heavy atom. The molecular formula is C21H18F3N5O2S. The monoisotopic (exact) mass is 461 g/mol. The Labute approximate surface area is 187 Å². The van der Waals surface area contributed by atoms with E-state index in [1.165, 1.54) is 18.0 Å². The minimum absolute atomic E-state index is 0.0860. The molecule has 0 radical (unpaired) electrons. The van der Waals surface area contributed by atoms with Gasteiger partial charge in [-0.3, -0.25) is 14.5 Å². The summed E-state index contributed by atoms with van der Waals surface area (Å²) < 4.78 is 40.3. The number of aromatic nitrogens is 1. The van der Waals surface area contributed by atoms with E-state index < -0.39 is 28.5 Å². The number of benzene rings is 1. The molecule has 2 fully saturated rings. The highest BCUT2D eigenvalue weighted by Gasteiger charge is 2.60. The number of halogens is 3. The molecule has 2 amide bonds. The number of amides is 2. The van der Waals surface area contributed by atoms with Crippen molar-refractivity contribution in [3.05, 3.63) is 53.3 Å². The van der Waals surface area contributed by atoms with E-state index in [-0.39, 0.29) is 17.5 Å². The highest BCUT2D eigenvalue weighted by molar-refractivity contribution is 7.81. The van der Waals surface area contributed by atoms with Crippen LogP contribution >= 0.6 is 12.6 Å². The number of carbonyl (C=O) groups excluding carboxylic acids is 2. The second-order valence-electron chi connectivity index (χ2n) is 7.60. The van der Waals surface area contributed by atoms with Crippen molar-refractivity contribution in [2.75, 3.05) is 16.8 Å². The highest BCUT2D eigenvalue weighted by Crippen LogP contribution is 2.50. The molecule has 1 saturated heterocycles. The highest BCUT2D eigenvalue weighted by atomic mass is 32.1. The number of nitriles is 1. The fourth-order valence-electron chi connectivity index (χ4n) is 4.17. The van der Waals surface area contributed by atoms with Crippen LogP contribution in [0.2, 0.25) is 0 Å². The van der Waals surface area contributed by atoms with Gasteiger partial charge in [-0.1, -0.05) is 0 Å². The number of hydrogen-bond acceptors (Lipinski definition) is 6. The first kappa shape index (κ1) is 22.0. The summed E-state index contributed by atoms with van der Waals surface area (Å²) in [6, 6.07) is 8.79. The quantitative estimate of drug-likeness (QED) is 0.685. The summed E-state index contributed by atoms with van der Waals surface area (Å²) in [6.45, 7) is 0. The van der Waals surface area contributed by atoms with Gasteiger partial charge in [-0.25, -0.2) is 4.98 Å². The van der Waals surface area contributed by atoms with Crippen molar-refractivity contribution in [1.29, 1.82) is 5.26 Å². The van der Waals surface area contributed by atoms with Crippen LogP contribution in [0.25, 0.3) is 0 Å². The first-order chi connectivity index (χ1) is 15.1. The molecule has 1 N–H and O–H groups in total. The Morgan fingerprint density at radius 1 is 1.28 bits per heavy atom. The second kappa shape index (κ2) is 7.70. The second-order valence-corrected chi connectivity index (χ2v) is 8.06. The molecule has 1 aromatic heterocycles. The molecule has 4 rings (SSSR count). The third-order valence-electron chi connectivity index (χ3n) is 5.92. The van der Waals surface area contributed by atoms with E-state index in [1.54, 1.807) is 29.2 Å². The molecule has 1 saturated carbocycles. The number of nitrogens with zero attached hydrogens (tertiary/aromatic N) is 4. The maximum absolute atomic E-state index is 13.4. The molecule has 1 aliphatic heterocycles. The molecule has 7 nitrogen and oxygen atoms in total. The van der Waals surface area contributed by atoms with Gasteiger partial charge in [0.05, 0.1) is 17.4 Å². The lowest BCUT2D eigenvalue weighted by Gasteiger charge is -2.44. The SMILES string of the molecule is CNC(=O)c1ccc(N2C(S)N(c3cnc(C#N)c(C(F)(F)F)c3)C(=O)C23CCC3)cc1. The summed E-state index contributed by atoms with van der Waals surface area (Å²) in [5, 5.41) is 11.5. The smallest absolute Gasteiger partial charge is 0.355 e. The fraction of sp³-hybridized carbons (Fsp3) is 0.333. The lowest BCUT2D eigenvalue weighted by atomic mass is 9.75. The van der Waals surface area contributed by atoms with Crippen molar-refractivity contribution in [3.8, 4) is 6.07 Å². The molecule has 166 valence electrons. The van der Waals surface area contributed by atoms with E-state index in [0.717, 1.165) is 18.7 Å². The van der Waals surface area contributed by atoms with Crippen LogP contribution in [0.4, 0.5) is 24.5 Å². The Bertz CT molecular complexity index is 1130. The number of anilines is 2. The lowest BCUT2D eigenvalue weighted by Crippen LogP contribution is -2.55. The molecule has 2 aromatic rings. The lowest BCUT2D eigenvalue weighted by molar-refractivity contribution is -0.138. The van der Waals surface area contributed by atoms with Gasteiger partial charge in [0.25, 0.3) is 11.8 Å². The zero-order valence-electron chi connectivity index (χ0n) is 16.8. The van der Waals surface area contributed by atoms with Crippen LogP contribution in [0.3, 0.4) is 0 Å². The van der Waals surface area contributed by atoms with Crippen molar-refractivity contribution in [2.45, 2.75) is 36.5 Å². The average molecular weight is 461 g/mol. The zero-order valence-corrected chi connectivity index (χ0v) is 17.7. The summed E-state index contributed by atoms with van der Waals surface area (Å²) in [5.41, 5.74) is -2.84. The largest absolute Gasteiger partial charge is 0.419 e. The van der Waals surface area contributed by atoms with E-state index in [9.17, 15) is 22.8 Å². The average Bonchev–Trinajstić information content (AvgIpc) is 2.99. The molecule has 1 spiro atoms. The van der Waals surface area contributed by atoms with Gasteiger partial charge in [0.15, 0.2) is 11.2 Å². The van der Waals surface area contributed by atoms with Gasteiger partial charge in [0.2, 0.25) is 0 Å². The Morgan fingerprint density at radius 3 is 2.44 bits per heavy atom. The van der Waals surface area contributed by atoms with Crippen LogP contribution in [0, 0.1) is 11.3 Å². The summed E-state index contributed by atoms with van der Waals surface area (Å²) >= 11 is 4.58. The maximum atomic E-state index is 13.4. The fourth-order valence-corrected chi connectivity index (χ4v) is 4.77. The van der Waals surface area contributed by atoms with Gasteiger partial charge < -0.3 is 10.2 Å². The Kier molecular flexibility index (Phi) is 5.29. The number of thiol groups is 1. The molecule has 32 heavy (non-hydrogen) atoms.